The summed E-state index contributed by atoms with van der Waals surface area (Å²) >= 11 is 3.93. The molecule has 2 unspecified atom stereocenters. The van der Waals surface area contributed by atoms with Crippen molar-refractivity contribution >= 4 is 18.5 Å². The van der Waals surface area contributed by atoms with Crippen molar-refractivity contribution < 1.29 is 4.79 Å². The van der Waals surface area contributed by atoms with E-state index in [0.717, 1.165) is 19.4 Å². The van der Waals surface area contributed by atoms with Gasteiger partial charge < -0.3 is 10.2 Å². The van der Waals surface area contributed by atoms with Crippen molar-refractivity contribution in [1.82, 2.24) is 10.2 Å². The van der Waals surface area contributed by atoms with Crippen molar-refractivity contribution in [2.24, 2.45) is 0 Å². The number of nitrogens with one attached hydrogen (secondary N) is 1. The number of carbonyl (C=O) groups is 1. The first kappa shape index (κ1) is 10.9. The molecule has 1 N–H and O–H groups in total. The van der Waals surface area contributed by atoms with Gasteiger partial charge in [-0.25, -0.2) is 0 Å². The number of nitrogens with zero attached hydrogens (tertiary/aromatic N) is 1. The Morgan fingerprint density at radius 2 is 2.38 bits per heavy atom. The molecule has 1 fully saturated rings. The lowest BCUT2D eigenvalue weighted by Crippen LogP contribution is -2.47. The molecule has 0 saturated carbocycles. The maximum atomic E-state index is 11.1. The molecule has 4 heteroatoms. The van der Waals surface area contributed by atoms with E-state index in [-0.39, 0.29) is 5.91 Å². The Kier molecular flexibility index (Phi) is 4.06. The third-order valence-electron chi connectivity index (χ3n) is 2.72. The molecule has 2 atom stereocenters. The van der Waals surface area contributed by atoms with Gasteiger partial charge in [-0.2, -0.15) is 12.6 Å². The lowest BCUT2D eigenvalue weighted by atomic mass is 9.99. The maximum Gasteiger partial charge on any atom is 0.229 e. The minimum atomic E-state index is 0.0464. The first-order valence-electron chi connectivity index (χ1n) is 4.74. The topological polar surface area (TPSA) is 32.3 Å². The number of likely N-dealkylation sites (tertiary alicyclic amines) is 1. The van der Waals surface area contributed by atoms with Crippen LogP contribution in [0.25, 0.3) is 0 Å². The van der Waals surface area contributed by atoms with Gasteiger partial charge in [0.05, 0.1) is 5.75 Å². The third kappa shape index (κ3) is 3.19. The second kappa shape index (κ2) is 4.86. The molecule has 0 radical (unpaired) electrons. The predicted octanol–water partition coefficient (Wildman–Crippen LogP) is 0.515. The minimum absolute atomic E-state index is 0.0464. The average Bonchev–Trinajstić information content (AvgIpc) is 2.11. The van der Waals surface area contributed by atoms with E-state index < -0.39 is 0 Å². The summed E-state index contributed by atoms with van der Waals surface area (Å²) in [5, 5.41) is 2.98. The van der Waals surface area contributed by atoms with Gasteiger partial charge in [-0.3, -0.25) is 4.79 Å². The first-order chi connectivity index (χ1) is 6.13. The molecule has 0 aromatic rings. The highest BCUT2D eigenvalue weighted by molar-refractivity contribution is 7.81. The Morgan fingerprint density at radius 1 is 1.69 bits per heavy atom. The van der Waals surface area contributed by atoms with Gasteiger partial charge in [0.25, 0.3) is 0 Å². The molecule has 3 nitrogen and oxygen atoms in total. The van der Waals surface area contributed by atoms with Crippen LogP contribution in [0, 0.1) is 0 Å². The zero-order chi connectivity index (χ0) is 9.84. The lowest BCUT2D eigenvalue weighted by molar-refractivity contribution is -0.119. The zero-order valence-corrected chi connectivity index (χ0v) is 9.18. The smallest absolute Gasteiger partial charge is 0.229 e. The van der Waals surface area contributed by atoms with Gasteiger partial charge >= 0.3 is 0 Å². The second-order valence-electron chi connectivity index (χ2n) is 3.78. The number of hydrogen-bond donors (Lipinski definition) is 2. The number of carbonyl (C=O) groups excluding carboxylic acids is 1. The molecule has 0 bridgehead atoms. The van der Waals surface area contributed by atoms with E-state index in [2.05, 4.69) is 36.8 Å². The molecule has 76 valence electrons. The highest BCUT2D eigenvalue weighted by atomic mass is 32.1. The van der Waals surface area contributed by atoms with Crippen molar-refractivity contribution in [3.05, 3.63) is 0 Å². The van der Waals surface area contributed by atoms with Crippen LogP contribution in [-0.2, 0) is 4.79 Å². The monoisotopic (exact) mass is 202 g/mol. The molecule has 0 spiro atoms. The summed E-state index contributed by atoms with van der Waals surface area (Å²) in [7, 11) is 2.13. The summed E-state index contributed by atoms with van der Waals surface area (Å²) in [4.78, 5) is 13.4. The van der Waals surface area contributed by atoms with Crippen LogP contribution in [0.1, 0.15) is 19.8 Å². The standard InChI is InChI=1S/C9H18N2OS/c1-7-5-8(3-4-11(7)2)10-9(12)6-13/h7-8,13H,3-6H2,1-2H3,(H,10,12). The van der Waals surface area contributed by atoms with Gasteiger partial charge in [0.2, 0.25) is 5.91 Å². The van der Waals surface area contributed by atoms with Crippen LogP contribution in [0.5, 0.6) is 0 Å². The van der Waals surface area contributed by atoms with Gasteiger partial charge in [0, 0.05) is 18.6 Å². The Hall–Kier alpha value is -0.220. The highest BCUT2D eigenvalue weighted by Crippen LogP contribution is 2.14. The van der Waals surface area contributed by atoms with Gasteiger partial charge in [0.1, 0.15) is 0 Å². The van der Waals surface area contributed by atoms with Crippen LogP contribution in [0.15, 0.2) is 0 Å². The quantitative estimate of drug-likeness (QED) is 0.640. The van der Waals surface area contributed by atoms with Crippen molar-refractivity contribution in [2.75, 3.05) is 19.3 Å². The van der Waals surface area contributed by atoms with Crippen LogP contribution < -0.4 is 5.32 Å². The highest BCUT2D eigenvalue weighted by Gasteiger charge is 2.23. The van der Waals surface area contributed by atoms with Gasteiger partial charge in [-0.15, -0.1) is 0 Å². The van der Waals surface area contributed by atoms with Crippen LogP contribution in [0.3, 0.4) is 0 Å². The average molecular weight is 202 g/mol. The van der Waals surface area contributed by atoms with E-state index in [0.29, 0.717) is 17.8 Å². The number of thiol groups is 1. The Morgan fingerprint density at radius 3 is 2.92 bits per heavy atom. The van der Waals surface area contributed by atoms with Crippen molar-refractivity contribution in [3.63, 3.8) is 0 Å². The molecule has 1 aliphatic rings. The number of hydrogen-bond acceptors (Lipinski definition) is 3. The molecule has 1 saturated heterocycles. The summed E-state index contributed by atoms with van der Waals surface area (Å²) in [6, 6.07) is 0.921. The van der Waals surface area contributed by atoms with Gasteiger partial charge in [0.15, 0.2) is 0 Å². The van der Waals surface area contributed by atoms with Gasteiger partial charge in [-0.05, 0) is 26.8 Å². The van der Waals surface area contributed by atoms with E-state index in [4.69, 9.17) is 0 Å². The molecule has 1 rings (SSSR count). The summed E-state index contributed by atoms with van der Waals surface area (Å²) in [6.07, 6.45) is 2.11. The Labute approximate surface area is 85.3 Å². The van der Waals surface area contributed by atoms with E-state index >= 15 is 0 Å². The lowest BCUT2D eigenvalue weighted by Gasteiger charge is -2.35. The normalized spacial score (nSPS) is 30.1. The second-order valence-corrected chi connectivity index (χ2v) is 4.09. The number of amides is 1. The van der Waals surface area contributed by atoms with Crippen molar-refractivity contribution in [2.45, 2.75) is 31.8 Å². The largest absolute Gasteiger partial charge is 0.353 e. The fourth-order valence-electron chi connectivity index (χ4n) is 1.69. The fourth-order valence-corrected chi connectivity index (χ4v) is 1.79. The molecule has 13 heavy (non-hydrogen) atoms. The molecule has 1 heterocycles. The summed E-state index contributed by atoms with van der Waals surface area (Å²) in [6.45, 7) is 3.26. The fraction of sp³-hybridized carbons (Fsp3) is 0.889. The molecule has 1 aliphatic heterocycles. The molecular weight excluding hydrogens is 184 g/mol. The minimum Gasteiger partial charge on any atom is -0.353 e. The van der Waals surface area contributed by atoms with E-state index in [9.17, 15) is 4.79 Å². The van der Waals surface area contributed by atoms with E-state index in [1.165, 1.54) is 0 Å². The zero-order valence-electron chi connectivity index (χ0n) is 8.29. The number of piperidine rings is 1. The van der Waals surface area contributed by atoms with Crippen LogP contribution in [-0.4, -0.2) is 42.2 Å². The van der Waals surface area contributed by atoms with Crippen LogP contribution in [0.2, 0.25) is 0 Å². The molecule has 0 aromatic heterocycles. The molecule has 1 amide bonds. The summed E-state index contributed by atoms with van der Waals surface area (Å²) in [5.41, 5.74) is 0. The molecule has 0 aromatic carbocycles. The maximum absolute atomic E-state index is 11.1. The SMILES string of the molecule is CC1CC(NC(=O)CS)CCN1C. The Bertz CT molecular complexity index is 186. The predicted molar refractivity (Wildman–Crippen MR) is 57.1 cm³/mol. The molecular formula is C9H18N2OS. The van der Waals surface area contributed by atoms with Gasteiger partial charge in [-0.1, -0.05) is 0 Å². The van der Waals surface area contributed by atoms with Crippen LogP contribution in [0.4, 0.5) is 0 Å². The summed E-state index contributed by atoms with van der Waals surface area (Å²) < 4.78 is 0. The van der Waals surface area contributed by atoms with Crippen molar-refractivity contribution in [3.8, 4) is 0 Å². The molecule has 0 aliphatic carbocycles. The van der Waals surface area contributed by atoms with Crippen molar-refractivity contribution in [1.29, 1.82) is 0 Å². The van der Waals surface area contributed by atoms with E-state index in [1.807, 2.05) is 0 Å². The third-order valence-corrected chi connectivity index (χ3v) is 3.00. The Balaban J connectivity index is 2.33. The summed E-state index contributed by atoms with van der Waals surface area (Å²) in [5.74, 6) is 0.339. The van der Waals surface area contributed by atoms with E-state index in [1.54, 1.807) is 0 Å². The van der Waals surface area contributed by atoms with Crippen LogP contribution >= 0.6 is 12.6 Å². The first-order valence-corrected chi connectivity index (χ1v) is 5.37. The number of rotatable bonds is 2.